The molecule has 0 saturated carbocycles. The second kappa shape index (κ2) is 11.7. The third kappa shape index (κ3) is 5.59. The van der Waals surface area contributed by atoms with Crippen molar-refractivity contribution in [2.45, 2.75) is 33.2 Å². The van der Waals surface area contributed by atoms with Crippen molar-refractivity contribution in [3.05, 3.63) is 95.3 Å². The molecule has 2 aromatic carbocycles. The van der Waals surface area contributed by atoms with Gasteiger partial charge in [-0.3, -0.25) is 19.5 Å². The molecular formula is C30H30N2O6. The molecule has 0 spiro atoms. The number of hydrogen-bond acceptors (Lipinski definition) is 7. The number of rotatable bonds is 9. The zero-order valence-electron chi connectivity index (χ0n) is 21.6. The first-order valence-corrected chi connectivity index (χ1v) is 12.5. The van der Waals surface area contributed by atoms with Gasteiger partial charge in [-0.05, 0) is 54.3 Å². The number of ketones is 1. The minimum Gasteiger partial charge on any atom is -0.507 e. The summed E-state index contributed by atoms with van der Waals surface area (Å²) in [5.74, 6) is -1.68. The Hall–Kier alpha value is -4.46. The Kier molecular flexibility index (Phi) is 8.21. The summed E-state index contributed by atoms with van der Waals surface area (Å²) in [7, 11) is 0. The maximum Gasteiger partial charge on any atom is 0.338 e. The highest BCUT2D eigenvalue weighted by molar-refractivity contribution is 6.51. The predicted molar refractivity (Wildman–Crippen MR) is 143 cm³/mol. The van der Waals surface area contributed by atoms with Gasteiger partial charge in [0, 0.05) is 23.6 Å². The van der Waals surface area contributed by atoms with E-state index in [2.05, 4.69) is 4.98 Å². The summed E-state index contributed by atoms with van der Waals surface area (Å²) < 4.78 is 11.0. The molecule has 1 N–H and O–H groups in total. The number of anilines is 1. The van der Waals surface area contributed by atoms with Crippen LogP contribution >= 0.6 is 0 Å². The highest BCUT2D eigenvalue weighted by atomic mass is 16.5. The number of aliphatic hydroxyl groups is 1. The average molecular weight is 515 g/mol. The number of Topliss-reactive ketones (excluding diaryl/α,β-unsaturated/α-hetero) is 1. The van der Waals surface area contributed by atoms with E-state index in [-0.39, 0.29) is 23.5 Å². The lowest BCUT2D eigenvalue weighted by molar-refractivity contribution is -0.132. The molecule has 2 heterocycles. The van der Waals surface area contributed by atoms with E-state index in [1.807, 2.05) is 20.8 Å². The van der Waals surface area contributed by atoms with Crippen molar-refractivity contribution in [2.75, 3.05) is 18.1 Å². The maximum absolute atomic E-state index is 13.4. The molecule has 38 heavy (non-hydrogen) atoms. The summed E-state index contributed by atoms with van der Waals surface area (Å²) >= 11 is 0. The van der Waals surface area contributed by atoms with E-state index >= 15 is 0 Å². The zero-order valence-corrected chi connectivity index (χ0v) is 21.6. The fourth-order valence-electron chi connectivity index (χ4n) is 4.16. The highest BCUT2D eigenvalue weighted by Crippen LogP contribution is 2.42. The quantitative estimate of drug-likeness (QED) is 0.179. The summed E-state index contributed by atoms with van der Waals surface area (Å²) in [5.41, 5.74) is 1.36. The van der Waals surface area contributed by atoms with Gasteiger partial charge in [0.05, 0.1) is 30.4 Å². The molecular weight excluding hydrogens is 484 g/mol. The molecule has 1 aromatic heterocycles. The van der Waals surface area contributed by atoms with Crippen LogP contribution in [0.3, 0.4) is 0 Å². The zero-order chi connectivity index (χ0) is 27.2. The van der Waals surface area contributed by atoms with E-state index in [1.54, 1.807) is 67.0 Å². The summed E-state index contributed by atoms with van der Waals surface area (Å²) in [5, 5.41) is 11.4. The van der Waals surface area contributed by atoms with Crippen LogP contribution in [-0.4, -0.2) is 41.0 Å². The number of benzene rings is 2. The van der Waals surface area contributed by atoms with Crippen LogP contribution in [0.15, 0.2) is 78.6 Å². The minimum atomic E-state index is -0.967. The van der Waals surface area contributed by atoms with Crippen molar-refractivity contribution < 1.29 is 29.0 Å². The monoisotopic (exact) mass is 514 g/mol. The van der Waals surface area contributed by atoms with Crippen molar-refractivity contribution in [2.24, 2.45) is 5.92 Å². The highest BCUT2D eigenvalue weighted by Gasteiger charge is 2.47. The number of hydrogen-bond donors (Lipinski definition) is 1. The Bertz CT molecular complexity index is 1370. The largest absolute Gasteiger partial charge is 0.507 e. The Balaban J connectivity index is 1.81. The van der Waals surface area contributed by atoms with Gasteiger partial charge in [-0.15, -0.1) is 0 Å². The van der Waals surface area contributed by atoms with Gasteiger partial charge in [-0.2, -0.15) is 0 Å². The van der Waals surface area contributed by atoms with E-state index < -0.39 is 23.7 Å². The van der Waals surface area contributed by atoms with Gasteiger partial charge in [0.1, 0.15) is 11.5 Å². The lowest BCUT2D eigenvalue weighted by Gasteiger charge is -2.25. The number of ether oxygens (including phenoxy) is 2. The van der Waals surface area contributed by atoms with Crippen molar-refractivity contribution in [3.8, 4) is 5.75 Å². The Labute approximate surface area is 221 Å². The minimum absolute atomic E-state index is 0.0806. The molecule has 1 aliphatic rings. The summed E-state index contributed by atoms with van der Waals surface area (Å²) in [6.07, 6.45) is 3.79. The van der Waals surface area contributed by atoms with Crippen LogP contribution < -0.4 is 9.64 Å². The molecule has 8 heteroatoms. The molecule has 1 amide bonds. The molecule has 1 saturated heterocycles. The Morgan fingerprint density at radius 3 is 2.53 bits per heavy atom. The molecule has 0 aliphatic carbocycles. The molecule has 1 unspecified atom stereocenters. The Morgan fingerprint density at radius 1 is 1.05 bits per heavy atom. The molecule has 196 valence electrons. The number of nitrogens with zero attached hydrogens (tertiary/aromatic N) is 2. The fraction of sp³-hybridized carbons (Fsp3) is 0.267. The fourth-order valence-corrected chi connectivity index (χ4v) is 4.16. The number of carbonyl (C=O) groups excluding carboxylic acids is 3. The van der Waals surface area contributed by atoms with Crippen molar-refractivity contribution in [1.82, 2.24) is 4.98 Å². The lowest BCUT2D eigenvalue weighted by Crippen LogP contribution is -2.29. The van der Waals surface area contributed by atoms with Gasteiger partial charge in [0.25, 0.3) is 11.7 Å². The third-order valence-electron chi connectivity index (χ3n) is 5.93. The molecule has 0 radical (unpaired) electrons. The SMILES string of the molecule is CCCOC(=O)c1cccc(N2C(=O)C(=O)/C(=C(/O)c3cccc(OCC(C)C)c3)C2c2cccnc2)c1. The van der Waals surface area contributed by atoms with Crippen LogP contribution in [0.2, 0.25) is 0 Å². The van der Waals surface area contributed by atoms with Crippen molar-refractivity contribution >= 4 is 29.1 Å². The van der Waals surface area contributed by atoms with Crippen LogP contribution in [0.25, 0.3) is 5.76 Å². The van der Waals surface area contributed by atoms with Gasteiger partial charge in [0.15, 0.2) is 0 Å². The first-order valence-electron chi connectivity index (χ1n) is 12.5. The molecule has 1 atom stereocenters. The van der Waals surface area contributed by atoms with Gasteiger partial charge in [-0.1, -0.05) is 45.0 Å². The molecule has 1 aliphatic heterocycles. The van der Waals surface area contributed by atoms with Crippen LogP contribution in [0.5, 0.6) is 5.75 Å². The van der Waals surface area contributed by atoms with E-state index in [4.69, 9.17) is 9.47 Å². The van der Waals surface area contributed by atoms with Gasteiger partial charge >= 0.3 is 5.97 Å². The van der Waals surface area contributed by atoms with E-state index in [0.717, 1.165) is 0 Å². The molecule has 1 fully saturated rings. The normalized spacial score (nSPS) is 16.6. The molecule has 4 rings (SSSR count). The number of aliphatic hydroxyl groups excluding tert-OH is 1. The second-order valence-corrected chi connectivity index (χ2v) is 9.37. The molecule has 3 aromatic rings. The Morgan fingerprint density at radius 2 is 1.82 bits per heavy atom. The average Bonchev–Trinajstić information content (AvgIpc) is 3.20. The van der Waals surface area contributed by atoms with Crippen LogP contribution in [0.4, 0.5) is 5.69 Å². The summed E-state index contributed by atoms with van der Waals surface area (Å²) in [6, 6.07) is 15.5. The van der Waals surface area contributed by atoms with Gasteiger partial charge in [-0.25, -0.2) is 4.79 Å². The molecule has 8 nitrogen and oxygen atoms in total. The number of esters is 1. The number of pyridine rings is 1. The van der Waals surface area contributed by atoms with Gasteiger partial charge in [0.2, 0.25) is 0 Å². The van der Waals surface area contributed by atoms with Crippen LogP contribution in [0.1, 0.15) is 54.7 Å². The van der Waals surface area contributed by atoms with E-state index in [0.29, 0.717) is 41.5 Å². The summed E-state index contributed by atoms with van der Waals surface area (Å²) in [6.45, 7) is 6.70. The second-order valence-electron chi connectivity index (χ2n) is 9.37. The maximum atomic E-state index is 13.4. The lowest BCUT2D eigenvalue weighted by atomic mass is 9.96. The first-order chi connectivity index (χ1) is 18.3. The first kappa shape index (κ1) is 26.6. The number of carbonyl (C=O) groups is 3. The van der Waals surface area contributed by atoms with Gasteiger partial charge < -0.3 is 14.6 Å². The van der Waals surface area contributed by atoms with Crippen molar-refractivity contribution in [1.29, 1.82) is 0 Å². The number of amides is 1. The number of aromatic nitrogens is 1. The summed E-state index contributed by atoms with van der Waals surface area (Å²) in [4.78, 5) is 44.7. The topological polar surface area (TPSA) is 106 Å². The molecule has 0 bridgehead atoms. The third-order valence-corrected chi connectivity index (χ3v) is 5.93. The van der Waals surface area contributed by atoms with Crippen LogP contribution in [-0.2, 0) is 14.3 Å². The smallest absolute Gasteiger partial charge is 0.338 e. The van der Waals surface area contributed by atoms with E-state index in [1.165, 1.54) is 11.0 Å². The van der Waals surface area contributed by atoms with E-state index in [9.17, 15) is 19.5 Å². The standard InChI is InChI=1S/C30H30N2O6/c1-4-14-37-30(36)21-9-5-11-23(15-21)32-26(22-10-7-13-31-17-22)25(28(34)29(32)35)27(33)20-8-6-12-24(16-20)38-18-19(2)3/h5-13,15-17,19,26,33H,4,14,18H2,1-3H3/b27-25+. The van der Waals surface area contributed by atoms with Crippen LogP contribution in [0, 0.1) is 5.92 Å². The van der Waals surface area contributed by atoms with Crippen molar-refractivity contribution in [3.63, 3.8) is 0 Å². The predicted octanol–water partition coefficient (Wildman–Crippen LogP) is 5.31.